The number of ether oxygens (including phenoxy) is 1. The molecule has 1 saturated carbocycles. The number of hydrogen-bond acceptors (Lipinski definition) is 4. The van der Waals surface area contributed by atoms with Gasteiger partial charge in [-0.3, -0.25) is 4.79 Å². The third-order valence-corrected chi connectivity index (χ3v) is 3.62. The maximum absolute atomic E-state index is 13.9. The summed E-state index contributed by atoms with van der Waals surface area (Å²) in [5.41, 5.74) is -1.71. The Bertz CT molecular complexity index is 519. The minimum atomic E-state index is -3.79. The Morgan fingerprint density at radius 3 is 2.86 bits per heavy atom. The van der Waals surface area contributed by atoms with E-state index >= 15 is 0 Å². The molecule has 0 bridgehead atoms. The fraction of sp³-hybridized carbons (Fsp3) is 0.571. The first-order valence-electron chi connectivity index (χ1n) is 6.86. The van der Waals surface area contributed by atoms with Crippen LogP contribution in [0, 0.1) is 0 Å². The second-order valence-corrected chi connectivity index (χ2v) is 5.04. The van der Waals surface area contributed by atoms with Gasteiger partial charge in [0.15, 0.2) is 0 Å². The fourth-order valence-corrected chi connectivity index (χ4v) is 2.15. The molecule has 1 amide bonds. The summed E-state index contributed by atoms with van der Waals surface area (Å²) in [5, 5.41) is 11.8. The van der Waals surface area contributed by atoms with Crippen molar-refractivity contribution in [2.45, 2.75) is 44.3 Å². The van der Waals surface area contributed by atoms with Gasteiger partial charge in [-0.25, -0.2) is 4.98 Å². The van der Waals surface area contributed by atoms with Crippen LogP contribution in [0.1, 0.15) is 31.7 Å². The van der Waals surface area contributed by atoms with Gasteiger partial charge < -0.3 is 15.2 Å². The number of aromatic nitrogens is 1. The number of rotatable bonds is 6. The number of alkyl halides is 2. The van der Waals surface area contributed by atoms with Gasteiger partial charge in [-0.1, -0.05) is 6.07 Å². The molecule has 0 radical (unpaired) electrons. The molecule has 1 aliphatic carbocycles. The van der Waals surface area contributed by atoms with E-state index in [0.29, 0.717) is 24.5 Å². The zero-order chi connectivity index (χ0) is 15.5. The van der Waals surface area contributed by atoms with Crippen LogP contribution in [0.5, 0.6) is 5.88 Å². The van der Waals surface area contributed by atoms with Crippen LogP contribution in [0.3, 0.4) is 0 Å². The van der Waals surface area contributed by atoms with E-state index in [0.717, 1.165) is 0 Å². The van der Waals surface area contributed by atoms with Crippen LogP contribution in [0.4, 0.5) is 8.78 Å². The summed E-state index contributed by atoms with van der Waals surface area (Å²) >= 11 is 0. The van der Waals surface area contributed by atoms with Crippen molar-refractivity contribution in [3.05, 3.63) is 23.9 Å². The first-order chi connectivity index (χ1) is 9.90. The van der Waals surface area contributed by atoms with Crippen molar-refractivity contribution < 1.29 is 23.4 Å². The maximum atomic E-state index is 13.9. The molecule has 7 heteroatoms. The van der Waals surface area contributed by atoms with Crippen LogP contribution in [-0.2, 0) is 11.3 Å². The quantitative estimate of drug-likeness (QED) is 0.838. The number of aliphatic hydroxyl groups is 1. The Morgan fingerprint density at radius 1 is 1.57 bits per heavy atom. The highest BCUT2D eigenvalue weighted by atomic mass is 19.3. The molecule has 21 heavy (non-hydrogen) atoms. The van der Waals surface area contributed by atoms with Crippen molar-refractivity contribution in [2.75, 3.05) is 6.61 Å². The second kappa shape index (κ2) is 5.93. The van der Waals surface area contributed by atoms with Gasteiger partial charge in [-0.05, 0) is 32.3 Å². The van der Waals surface area contributed by atoms with Gasteiger partial charge in [0.1, 0.15) is 5.60 Å². The highest BCUT2D eigenvalue weighted by Crippen LogP contribution is 2.44. The Kier molecular flexibility index (Phi) is 4.41. The predicted molar refractivity (Wildman–Crippen MR) is 71.0 cm³/mol. The van der Waals surface area contributed by atoms with Crippen molar-refractivity contribution in [1.29, 1.82) is 0 Å². The summed E-state index contributed by atoms with van der Waals surface area (Å²) in [5.74, 6) is -4.97. The number of hydrogen-bond donors (Lipinski definition) is 2. The first kappa shape index (κ1) is 15.6. The zero-order valence-electron chi connectivity index (χ0n) is 11.7. The molecule has 0 unspecified atom stereocenters. The Labute approximate surface area is 121 Å². The Hall–Kier alpha value is -1.76. The van der Waals surface area contributed by atoms with Crippen LogP contribution in [0.2, 0.25) is 0 Å². The lowest BCUT2D eigenvalue weighted by Crippen LogP contribution is -2.60. The maximum Gasteiger partial charge on any atom is 0.352 e. The van der Waals surface area contributed by atoms with Crippen molar-refractivity contribution in [2.24, 2.45) is 0 Å². The molecule has 1 aliphatic rings. The lowest BCUT2D eigenvalue weighted by Gasteiger charge is -2.41. The van der Waals surface area contributed by atoms with E-state index in [1.54, 1.807) is 19.1 Å². The van der Waals surface area contributed by atoms with Gasteiger partial charge in [0, 0.05) is 18.3 Å². The largest absolute Gasteiger partial charge is 0.478 e. The number of carbonyl (C=O) groups excluding carboxylic acids is 1. The van der Waals surface area contributed by atoms with Gasteiger partial charge in [-0.2, -0.15) is 8.78 Å². The van der Waals surface area contributed by atoms with Gasteiger partial charge in [0.25, 0.3) is 5.91 Å². The summed E-state index contributed by atoms with van der Waals surface area (Å²) in [6, 6.07) is 3.26. The molecule has 1 aromatic rings. The average Bonchev–Trinajstić information content (AvgIpc) is 2.43. The monoisotopic (exact) mass is 300 g/mol. The molecule has 1 aromatic heterocycles. The number of halogens is 2. The van der Waals surface area contributed by atoms with E-state index in [4.69, 9.17) is 4.74 Å². The number of amides is 1. The van der Waals surface area contributed by atoms with Crippen LogP contribution in [0.15, 0.2) is 18.3 Å². The molecule has 0 atom stereocenters. The Morgan fingerprint density at radius 2 is 2.29 bits per heavy atom. The first-order valence-corrected chi connectivity index (χ1v) is 6.86. The SMILES string of the molecule is CCOc1ncccc1CNC(=O)C(F)(F)C1(O)CCC1. The molecule has 116 valence electrons. The van der Waals surface area contributed by atoms with Crippen LogP contribution in [-0.4, -0.2) is 34.1 Å². The minimum absolute atomic E-state index is 0.0650. The van der Waals surface area contributed by atoms with Gasteiger partial charge >= 0.3 is 5.92 Å². The fourth-order valence-electron chi connectivity index (χ4n) is 2.15. The lowest BCUT2D eigenvalue weighted by atomic mass is 9.75. The normalized spacial score (nSPS) is 17.0. The summed E-state index contributed by atoms with van der Waals surface area (Å²) in [6.07, 6.45) is 1.88. The third kappa shape index (κ3) is 2.97. The molecule has 2 rings (SSSR count). The van der Waals surface area contributed by atoms with E-state index in [1.807, 2.05) is 0 Å². The summed E-state index contributed by atoms with van der Waals surface area (Å²) in [4.78, 5) is 15.6. The van der Waals surface area contributed by atoms with Gasteiger partial charge in [0.2, 0.25) is 5.88 Å². The lowest BCUT2D eigenvalue weighted by molar-refractivity contribution is -0.216. The second-order valence-electron chi connectivity index (χ2n) is 5.04. The smallest absolute Gasteiger partial charge is 0.352 e. The van der Waals surface area contributed by atoms with Crippen LogP contribution < -0.4 is 10.1 Å². The molecule has 5 nitrogen and oxygen atoms in total. The van der Waals surface area contributed by atoms with Crippen LogP contribution >= 0.6 is 0 Å². The molecule has 1 heterocycles. The number of nitrogens with one attached hydrogen (secondary N) is 1. The summed E-state index contributed by atoms with van der Waals surface area (Å²) in [7, 11) is 0. The molecule has 1 fully saturated rings. The molecule has 0 aliphatic heterocycles. The molecule has 2 N–H and O–H groups in total. The zero-order valence-corrected chi connectivity index (χ0v) is 11.7. The molecule has 0 spiro atoms. The van der Waals surface area contributed by atoms with Gasteiger partial charge in [-0.15, -0.1) is 0 Å². The average molecular weight is 300 g/mol. The Balaban J connectivity index is 2.01. The van der Waals surface area contributed by atoms with Crippen LogP contribution in [0.25, 0.3) is 0 Å². The standard InChI is InChI=1S/C14H18F2N2O3/c1-2-21-11-10(5-3-8-17-11)9-18-12(19)14(15,16)13(20)6-4-7-13/h3,5,8,20H,2,4,6-7,9H2,1H3,(H,18,19). The van der Waals surface area contributed by atoms with Crippen molar-refractivity contribution in [1.82, 2.24) is 10.3 Å². The number of carbonyl (C=O) groups is 1. The molecule has 0 saturated heterocycles. The highest BCUT2D eigenvalue weighted by molar-refractivity contribution is 5.85. The van der Waals surface area contributed by atoms with E-state index in [1.165, 1.54) is 6.20 Å². The van der Waals surface area contributed by atoms with E-state index in [2.05, 4.69) is 10.3 Å². The van der Waals surface area contributed by atoms with E-state index < -0.39 is 17.4 Å². The third-order valence-electron chi connectivity index (χ3n) is 3.62. The van der Waals surface area contributed by atoms with Crippen molar-refractivity contribution >= 4 is 5.91 Å². The molecule has 0 aromatic carbocycles. The van der Waals surface area contributed by atoms with Gasteiger partial charge in [0.05, 0.1) is 6.61 Å². The minimum Gasteiger partial charge on any atom is -0.478 e. The molecular formula is C14H18F2N2O3. The molecular weight excluding hydrogens is 282 g/mol. The van der Waals surface area contributed by atoms with Crippen molar-refractivity contribution in [3.8, 4) is 5.88 Å². The van der Waals surface area contributed by atoms with Crippen molar-refractivity contribution in [3.63, 3.8) is 0 Å². The number of nitrogens with zero attached hydrogens (tertiary/aromatic N) is 1. The van der Waals surface area contributed by atoms with E-state index in [-0.39, 0.29) is 19.4 Å². The van der Waals surface area contributed by atoms with E-state index in [9.17, 15) is 18.7 Å². The highest BCUT2D eigenvalue weighted by Gasteiger charge is 2.61. The number of pyridine rings is 1. The topological polar surface area (TPSA) is 71.5 Å². The summed E-state index contributed by atoms with van der Waals surface area (Å²) < 4.78 is 33.0. The summed E-state index contributed by atoms with van der Waals surface area (Å²) in [6.45, 7) is 2.03. The predicted octanol–water partition coefficient (Wildman–Crippen LogP) is 1.65.